The van der Waals surface area contributed by atoms with Crippen LogP contribution >= 0.6 is 31.9 Å². The molecule has 0 atom stereocenters. The highest BCUT2D eigenvalue weighted by molar-refractivity contribution is 9.10. The van der Waals surface area contributed by atoms with Gasteiger partial charge in [0.05, 0.1) is 17.3 Å². The number of hydrogen-bond donors (Lipinski definition) is 1. The molecule has 0 radical (unpaired) electrons. The normalized spacial score (nSPS) is 10.9. The highest BCUT2D eigenvalue weighted by atomic mass is 79.9. The molecule has 0 saturated carbocycles. The van der Waals surface area contributed by atoms with Crippen LogP contribution in [0.1, 0.15) is 18.1 Å². The van der Waals surface area contributed by atoms with Crippen LogP contribution in [0.4, 0.5) is 0 Å². The number of benzene rings is 2. The predicted octanol–water partition coefficient (Wildman–Crippen LogP) is 5.00. The molecule has 2 aromatic rings. The van der Waals surface area contributed by atoms with Crippen molar-refractivity contribution in [2.45, 2.75) is 13.5 Å². The Labute approximate surface area is 146 Å². The first kappa shape index (κ1) is 16.8. The smallest absolute Gasteiger partial charge is 0.175 e. The van der Waals surface area contributed by atoms with E-state index < -0.39 is 0 Å². The van der Waals surface area contributed by atoms with E-state index in [9.17, 15) is 0 Å². The lowest BCUT2D eigenvalue weighted by atomic mass is 10.2. The quantitative estimate of drug-likeness (QED) is 0.400. The minimum Gasteiger partial charge on any atom is -0.490 e. The third-order valence-corrected chi connectivity index (χ3v) is 3.89. The Morgan fingerprint density at radius 1 is 1.18 bits per heavy atom. The van der Waals surface area contributed by atoms with E-state index in [4.69, 9.17) is 14.7 Å². The van der Waals surface area contributed by atoms with Gasteiger partial charge in [0.2, 0.25) is 0 Å². The highest BCUT2D eigenvalue weighted by Gasteiger charge is 2.12. The fourth-order valence-electron chi connectivity index (χ4n) is 1.91. The zero-order valence-corrected chi connectivity index (χ0v) is 15.1. The molecule has 0 spiro atoms. The van der Waals surface area contributed by atoms with Gasteiger partial charge in [-0.15, -0.1) is 0 Å². The first-order valence-electron chi connectivity index (χ1n) is 6.65. The van der Waals surface area contributed by atoms with Crippen LogP contribution in [0.25, 0.3) is 0 Å². The summed E-state index contributed by atoms with van der Waals surface area (Å²) in [7, 11) is 0. The Bertz CT molecular complexity index is 674. The third-order valence-electron chi connectivity index (χ3n) is 2.81. The molecule has 2 rings (SSSR count). The van der Waals surface area contributed by atoms with Crippen LogP contribution in [0.5, 0.6) is 11.5 Å². The van der Waals surface area contributed by atoms with Gasteiger partial charge in [0.15, 0.2) is 11.5 Å². The molecule has 0 amide bonds. The summed E-state index contributed by atoms with van der Waals surface area (Å²) in [6, 6.07) is 11.5. The van der Waals surface area contributed by atoms with Crippen LogP contribution in [0.3, 0.4) is 0 Å². The van der Waals surface area contributed by atoms with Crippen molar-refractivity contribution in [3.05, 3.63) is 56.5 Å². The summed E-state index contributed by atoms with van der Waals surface area (Å²) < 4.78 is 13.3. The number of hydrogen-bond acceptors (Lipinski definition) is 4. The van der Waals surface area contributed by atoms with Gasteiger partial charge in [-0.1, -0.05) is 33.2 Å². The highest BCUT2D eigenvalue weighted by Crippen LogP contribution is 2.37. The Morgan fingerprint density at radius 3 is 2.68 bits per heavy atom. The molecule has 0 saturated heterocycles. The summed E-state index contributed by atoms with van der Waals surface area (Å²) in [6.07, 6.45) is 1.34. The second kappa shape index (κ2) is 8.19. The van der Waals surface area contributed by atoms with Crippen molar-refractivity contribution in [1.29, 1.82) is 0 Å². The van der Waals surface area contributed by atoms with Crippen molar-refractivity contribution < 1.29 is 14.7 Å². The van der Waals surface area contributed by atoms with Crippen molar-refractivity contribution in [2.75, 3.05) is 6.61 Å². The zero-order chi connectivity index (χ0) is 15.9. The molecule has 1 N–H and O–H groups in total. The third kappa shape index (κ3) is 4.48. The first-order chi connectivity index (χ1) is 10.6. The molecule has 2 aromatic carbocycles. The second-order valence-corrected chi connectivity index (χ2v) is 6.20. The Hall–Kier alpha value is -1.53. The second-order valence-electron chi connectivity index (χ2n) is 4.43. The van der Waals surface area contributed by atoms with E-state index in [0.29, 0.717) is 30.3 Å². The molecular formula is C16H15Br2NO3. The van der Waals surface area contributed by atoms with Gasteiger partial charge < -0.3 is 14.7 Å². The van der Waals surface area contributed by atoms with Crippen LogP contribution in [-0.2, 0) is 6.61 Å². The molecular weight excluding hydrogens is 414 g/mol. The first-order valence-corrected chi connectivity index (χ1v) is 8.23. The summed E-state index contributed by atoms with van der Waals surface area (Å²) in [5, 5.41) is 11.7. The minimum absolute atomic E-state index is 0.422. The monoisotopic (exact) mass is 427 g/mol. The standard InChI is InChI=1S/C16H15Br2NO3/c1-2-21-15-8-12(9-19-20)7-14(18)16(15)22-10-11-4-3-5-13(17)6-11/h3-9,20H,2,10H2,1H3/b19-9-. The van der Waals surface area contributed by atoms with E-state index in [1.807, 2.05) is 31.2 Å². The van der Waals surface area contributed by atoms with E-state index in [1.54, 1.807) is 12.1 Å². The van der Waals surface area contributed by atoms with Crippen molar-refractivity contribution in [1.82, 2.24) is 0 Å². The number of oxime groups is 1. The summed E-state index contributed by atoms with van der Waals surface area (Å²) in [4.78, 5) is 0. The SMILES string of the molecule is CCOc1cc(/C=N\O)cc(Br)c1OCc1cccc(Br)c1. The molecule has 6 heteroatoms. The molecule has 4 nitrogen and oxygen atoms in total. The summed E-state index contributed by atoms with van der Waals surface area (Å²) in [6.45, 7) is 2.84. The van der Waals surface area contributed by atoms with Gasteiger partial charge in [-0.25, -0.2) is 0 Å². The van der Waals surface area contributed by atoms with Crippen molar-refractivity contribution in [2.24, 2.45) is 5.16 Å². The van der Waals surface area contributed by atoms with Crippen molar-refractivity contribution in [3.8, 4) is 11.5 Å². The summed E-state index contributed by atoms with van der Waals surface area (Å²) in [5.41, 5.74) is 1.76. The minimum atomic E-state index is 0.422. The van der Waals surface area contributed by atoms with Crippen LogP contribution in [0.2, 0.25) is 0 Å². The van der Waals surface area contributed by atoms with Gasteiger partial charge in [-0.05, 0) is 52.7 Å². The lowest BCUT2D eigenvalue weighted by molar-refractivity contribution is 0.267. The topological polar surface area (TPSA) is 51.0 Å². The predicted molar refractivity (Wildman–Crippen MR) is 93.2 cm³/mol. The Kier molecular flexibility index (Phi) is 6.27. The molecule has 116 valence electrons. The zero-order valence-electron chi connectivity index (χ0n) is 11.9. The molecule has 22 heavy (non-hydrogen) atoms. The molecule has 0 unspecified atom stereocenters. The largest absolute Gasteiger partial charge is 0.490 e. The van der Waals surface area contributed by atoms with Gasteiger partial charge in [-0.3, -0.25) is 0 Å². The maximum atomic E-state index is 8.66. The van der Waals surface area contributed by atoms with Crippen LogP contribution < -0.4 is 9.47 Å². The van der Waals surface area contributed by atoms with Gasteiger partial charge in [0.25, 0.3) is 0 Å². The number of nitrogens with zero attached hydrogens (tertiary/aromatic N) is 1. The van der Waals surface area contributed by atoms with E-state index in [0.717, 1.165) is 14.5 Å². The fourth-order valence-corrected chi connectivity index (χ4v) is 2.94. The van der Waals surface area contributed by atoms with Gasteiger partial charge >= 0.3 is 0 Å². The lowest BCUT2D eigenvalue weighted by Gasteiger charge is -2.14. The molecule has 0 fully saturated rings. The molecule has 0 aromatic heterocycles. The summed E-state index contributed by atoms with van der Waals surface area (Å²) >= 11 is 6.91. The molecule has 0 aliphatic carbocycles. The van der Waals surface area contributed by atoms with Crippen molar-refractivity contribution >= 4 is 38.1 Å². The van der Waals surface area contributed by atoms with E-state index in [1.165, 1.54) is 6.21 Å². The number of halogens is 2. The summed E-state index contributed by atoms with van der Waals surface area (Å²) in [5.74, 6) is 1.22. The van der Waals surface area contributed by atoms with Gasteiger partial charge in [0.1, 0.15) is 6.61 Å². The van der Waals surface area contributed by atoms with Gasteiger partial charge in [0, 0.05) is 10.0 Å². The Balaban J connectivity index is 2.25. The maximum absolute atomic E-state index is 8.66. The molecule has 0 bridgehead atoms. The van der Waals surface area contributed by atoms with Gasteiger partial charge in [-0.2, -0.15) is 0 Å². The number of ether oxygens (including phenoxy) is 2. The molecule has 0 aliphatic rings. The fraction of sp³-hybridized carbons (Fsp3) is 0.188. The van der Waals surface area contributed by atoms with Crippen LogP contribution in [0, 0.1) is 0 Å². The average Bonchev–Trinajstić information content (AvgIpc) is 2.47. The van der Waals surface area contributed by atoms with Crippen LogP contribution in [0.15, 0.2) is 50.5 Å². The molecule has 0 heterocycles. The number of rotatable bonds is 6. The van der Waals surface area contributed by atoms with Crippen molar-refractivity contribution in [3.63, 3.8) is 0 Å². The average molecular weight is 429 g/mol. The van der Waals surface area contributed by atoms with Crippen LogP contribution in [-0.4, -0.2) is 18.0 Å². The van der Waals surface area contributed by atoms with E-state index in [2.05, 4.69) is 37.0 Å². The maximum Gasteiger partial charge on any atom is 0.175 e. The Morgan fingerprint density at radius 2 is 2.00 bits per heavy atom. The molecule has 0 aliphatic heterocycles. The van der Waals surface area contributed by atoms with E-state index in [-0.39, 0.29) is 0 Å². The van der Waals surface area contributed by atoms with E-state index >= 15 is 0 Å². The lowest BCUT2D eigenvalue weighted by Crippen LogP contribution is -2.01.